The Morgan fingerprint density at radius 2 is 2.00 bits per heavy atom. The van der Waals surface area contributed by atoms with Crippen molar-refractivity contribution in [2.75, 3.05) is 13.6 Å². The molecular weight excluding hydrogens is 342 g/mol. The molecule has 0 aromatic heterocycles. The van der Waals surface area contributed by atoms with E-state index >= 15 is 0 Å². The maximum atomic E-state index is 13.3. The highest BCUT2D eigenvalue weighted by Crippen LogP contribution is 2.18. The number of hydrogen-bond donors (Lipinski definition) is 2. The Kier molecular flexibility index (Phi) is 6.25. The van der Waals surface area contributed by atoms with E-state index in [1.165, 1.54) is 13.1 Å². The van der Waals surface area contributed by atoms with Gasteiger partial charge in [-0.2, -0.15) is 13.2 Å². The summed E-state index contributed by atoms with van der Waals surface area (Å²) in [6.07, 6.45) is -5.15. The number of aliphatic imine (C=N–C) groups is 1. The largest absolute Gasteiger partial charge is 0.390 e. The monoisotopic (exact) mass is 355 g/mol. The summed E-state index contributed by atoms with van der Waals surface area (Å²) >= 11 is 3.04. The standard InChI is InChI=1S/C12H14BrF4N3/c1-18-11(19-5-4-12(15,16)17)20-7-8-2-3-9(13)10(14)6-8/h2-3,6H,4-5,7H2,1H3,(H2,18,19,20). The highest BCUT2D eigenvalue weighted by Gasteiger charge is 2.26. The number of nitrogens with one attached hydrogen (secondary N) is 2. The van der Waals surface area contributed by atoms with Gasteiger partial charge in [-0.1, -0.05) is 6.07 Å². The van der Waals surface area contributed by atoms with E-state index in [-0.39, 0.29) is 19.0 Å². The smallest absolute Gasteiger partial charge is 0.356 e. The van der Waals surface area contributed by atoms with Crippen molar-refractivity contribution in [1.82, 2.24) is 10.6 Å². The summed E-state index contributed by atoms with van der Waals surface area (Å²) in [5.74, 6) is -0.165. The van der Waals surface area contributed by atoms with E-state index in [0.29, 0.717) is 10.0 Å². The van der Waals surface area contributed by atoms with E-state index in [4.69, 9.17) is 0 Å². The molecule has 0 aliphatic rings. The molecule has 1 aromatic rings. The lowest BCUT2D eigenvalue weighted by Gasteiger charge is -2.13. The van der Waals surface area contributed by atoms with Gasteiger partial charge in [0.2, 0.25) is 0 Å². The molecule has 0 bridgehead atoms. The number of rotatable bonds is 4. The van der Waals surface area contributed by atoms with E-state index < -0.39 is 18.4 Å². The van der Waals surface area contributed by atoms with Crippen LogP contribution in [0.25, 0.3) is 0 Å². The van der Waals surface area contributed by atoms with Gasteiger partial charge in [-0.15, -0.1) is 0 Å². The third kappa shape index (κ3) is 6.23. The van der Waals surface area contributed by atoms with Crippen LogP contribution in [0.1, 0.15) is 12.0 Å². The zero-order valence-electron chi connectivity index (χ0n) is 10.7. The summed E-state index contributed by atoms with van der Waals surface area (Å²) in [6.45, 7) is -0.00619. The molecule has 0 spiro atoms. The Morgan fingerprint density at radius 3 is 2.55 bits per heavy atom. The second kappa shape index (κ2) is 7.47. The maximum Gasteiger partial charge on any atom is 0.390 e. The van der Waals surface area contributed by atoms with Crippen molar-refractivity contribution < 1.29 is 17.6 Å². The summed E-state index contributed by atoms with van der Waals surface area (Å²) in [7, 11) is 1.45. The molecule has 1 aromatic carbocycles. The molecule has 0 saturated carbocycles. The van der Waals surface area contributed by atoms with Crippen molar-refractivity contribution in [2.24, 2.45) is 4.99 Å². The van der Waals surface area contributed by atoms with Crippen molar-refractivity contribution in [3.63, 3.8) is 0 Å². The predicted molar refractivity (Wildman–Crippen MR) is 73.0 cm³/mol. The number of guanidine groups is 1. The SMILES string of the molecule is CN=C(NCCC(F)(F)F)NCc1ccc(Br)c(F)c1. The second-order valence-corrected chi connectivity index (χ2v) is 4.82. The van der Waals surface area contributed by atoms with Crippen LogP contribution in [0.2, 0.25) is 0 Å². The third-order valence-corrected chi connectivity index (χ3v) is 3.01. The number of alkyl halides is 3. The third-order valence-electron chi connectivity index (χ3n) is 2.37. The molecule has 0 amide bonds. The maximum absolute atomic E-state index is 13.3. The Hall–Kier alpha value is -1.31. The van der Waals surface area contributed by atoms with Gasteiger partial charge in [0.05, 0.1) is 10.9 Å². The van der Waals surface area contributed by atoms with Crippen molar-refractivity contribution in [2.45, 2.75) is 19.1 Å². The summed E-state index contributed by atoms with van der Waals surface area (Å²) in [6, 6.07) is 4.59. The predicted octanol–water partition coefficient (Wildman–Crippen LogP) is 3.21. The van der Waals surface area contributed by atoms with Crippen LogP contribution in [-0.2, 0) is 6.54 Å². The van der Waals surface area contributed by atoms with Gasteiger partial charge in [-0.3, -0.25) is 4.99 Å². The quantitative estimate of drug-likeness (QED) is 0.494. The van der Waals surface area contributed by atoms with Crippen molar-refractivity contribution in [1.29, 1.82) is 0 Å². The average Bonchev–Trinajstić information content (AvgIpc) is 2.36. The summed E-state index contributed by atoms with van der Waals surface area (Å²) in [5.41, 5.74) is 0.657. The van der Waals surface area contributed by atoms with Crippen LogP contribution < -0.4 is 10.6 Å². The van der Waals surface area contributed by atoms with Gasteiger partial charge in [0, 0.05) is 20.1 Å². The van der Waals surface area contributed by atoms with Crippen LogP contribution >= 0.6 is 15.9 Å². The molecule has 8 heteroatoms. The van der Waals surface area contributed by atoms with Gasteiger partial charge in [-0.05, 0) is 33.6 Å². The van der Waals surface area contributed by atoms with Gasteiger partial charge in [0.15, 0.2) is 5.96 Å². The molecule has 0 aliphatic carbocycles. The Labute approximate surface area is 122 Å². The molecule has 0 heterocycles. The first-order valence-electron chi connectivity index (χ1n) is 5.77. The first kappa shape index (κ1) is 16.7. The van der Waals surface area contributed by atoms with Gasteiger partial charge in [0.25, 0.3) is 0 Å². The average molecular weight is 356 g/mol. The lowest BCUT2D eigenvalue weighted by Crippen LogP contribution is -2.38. The Bertz CT molecular complexity index is 474. The van der Waals surface area contributed by atoms with Gasteiger partial charge in [0.1, 0.15) is 5.82 Å². The zero-order chi connectivity index (χ0) is 15.2. The molecule has 0 radical (unpaired) electrons. The summed E-state index contributed by atoms with van der Waals surface area (Å²) in [5, 5.41) is 5.35. The molecule has 0 saturated heterocycles. The first-order chi connectivity index (χ1) is 9.31. The Balaban J connectivity index is 2.43. The fourth-order valence-corrected chi connectivity index (χ4v) is 1.63. The molecule has 20 heavy (non-hydrogen) atoms. The number of benzene rings is 1. The van der Waals surface area contributed by atoms with Crippen molar-refractivity contribution in [3.05, 3.63) is 34.1 Å². The van der Waals surface area contributed by atoms with Gasteiger partial charge in [-0.25, -0.2) is 4.39 Å². The molecule has 0 atom stereocenters. The van der Waals surface area contributed by atoms with E-state index in [2.05, 4.69) is 31.6 Å². The lowest BCUT2D eigenvalue weighted by atomic mass is 10.2. The molecule has 0 unspecified atom stereocenters. The first-order valence-corrected chi connectivity index (χ1v) is 6.56. The van der Waals surface area contributed by atoms with E-state index in [1.807, 2.05) is 0 Å². The molecule has 2 N–H and O–H groups in total. The van der Waals surface area contributed by atoms with Gasteiger partial charge < -0.3 is 10.6 Å². The van der Waals surface area contributed by atoms with E-state index in [0.717, 1.165) is 0 Å². The highest BCUT2D eigenvalue weighted by molar-refractivity contribution is 9.10. The minimum atomic E-state index is -4.21. The molecule has 0 aliphatic heterocycles. The number of halogens is 5. The zero-order valence-corrected chi connectivity index (χ0v) is 12.3. The van der Waals surface area contributed by atoms with Crippen LogP contribution in [0.15, 0.2) is 27.7 Å². The summed E-state index contributed by atoms with van der Waals surface area (Å²) < 4.78 is 49.6. The van der Waals surface area contributed by atoms with Crippen molar-refractivity contribution >= 4 is 21.9 Å². The molecular formula is C12H14BrF4N3. The van der Waals surface area contributed by atoms with Crippen LogP contribution in [0.3, 0.4) is 0 Å². The van der Waals surface area contributed by atoms with Crippen LogP contribution in [-0.4, -0.2) is 25.7 Å². The Morgan fingerprint density at radius 1 is 1.30 bits per heavy atom. The second-order valence-electron chi connectivity index (χ2n) is 3.97. The van der Waals surface area contributed by atoms with Crippen LogP contribution in [0.5, 0.6) is 0 Å². The van der Waals surface area contributed by atoms with Gasteiger partial charge >= 0.3 is 6.18 Å². The normalized spacial score (nSPS) is 12.4. The van der Waals surface area contributed by atoms with Crippen LogP contribution in [0, 0.1) is 5.82 Å². The molecule has 112 valence electrons. The van der Waals surface area contributed by atoms with E-state index in [9.17, 15) is 17.6 Å². The topological polar surface area (TPSA) is 36.4 Å². The minimum Gasteiger partial charge on any atom is -0.356 e. The number of nitrogens with zero attached hydrogens (tertiary/aromatic N) is 1. The number of hydrogen-bond acceptors (Lipinski definition) is 1. The molecule has 0 fully saturated rings. The van der Waals surface area contributed by atoms with E-state index in [1.54, 1.807) is 12.1 Å². The minimum absolute atomic E-state index is 0.234. The summed E-state index contributed by atoms with van der Waals surface area (Å²) in [4.78, 5) is 3.79. The highest BCUT2D eigenvalue weighted by atomic mass is 79.9. The van der Waals surface area contributed by atoms with Crippen molar-refractivity contribution in [3.8, 4) is 0 Å². The lowest BCUT2D eigenvalue weighted by molar-refractivity contribution is -0.132. The molecule has 3 nitrogen and oxygen atoms in total. The molecule has 1 rings (SSSR count). The van der Waals surface area contributed by atoms with Crippen LogP contribution in [0.4, 0.5) is 17.6 Å². The fraction of sp³-hybridized carbons (Fsp3) is 0.417. The fourth-order valence-electron chi connectivity index (χ4n) is 1.38.